The minimum Gasteiger partial charge on any atom is -0.496 e. The molecule has 4 atom stereocenters. The molecule has 0 spiro atoms. The second kappa shape index (κ2) is 13.3. The van der Waals surface area contributed by atoms with E-state index in [0.717, 1.165) is 16.7 Å². The van der Waals surface area contributed by atoms with Crippen LogP contribution in [-0.2, 0) is 24.4 Å². The summed E-state index contributed by atoms with van der Waals surface area (Å²) >= 11 is 0. The van der Waals surface area contributed by atoms with E-state index >= 15 is 0 Å². The van der Waals surface area contributed by atoms with Crippen LogP contribution in [0.4, 0.5) is 0 Å². The maximum Gasteiger partial charge on any atom is 0.180 e. The molecule has 2 heterocycles. The van der Waals surface area contributed by atoms with Crippen molar-refractivity contribution in [1.82, 2.24) is 20.3 Å². The molecule has 0 aliphatic carbocycles. The number of aliphatic hydroxyl groups excluding tert-OH is 3. The normalized spacial score (nSPS) is 20.3. The number of aromatic nitrogens is 3. The van der Waals surface area contributed by atoms with E-state index in [0.29, 0.717) is 42.6 Å². The number of hydrogen-bond acceptors (Lipinski definition) is 10. The van der Waals surface area contributed by atoms with Crippen LogP contribution in [0.1, 0.15) is 28.6 Å². The van der Waals surface area contributed by atoms with E-state index in [2.05, 4.69) is 46.8 Å². The van der Waals surface area contributed by atoms with Gasteiger partial charge in [0.15, 0.2) is 6.23 Å². The molecule has 11 heteroatoms. The van der Waals surface area contributed by atoms with Crippen LogP contribution in [0.2, 0.25) is 0 Å². The zero-order valence-corrected chi connectivity index (χ0v) is 23.8. The first-order chi connectivity index (χ1) is 20.4. The smallest absolute Gasteiger partial charge is 0.180 e. The van der Waals surface area contributed by atoms with Crippen LogP contribution in [0.3, 0.4) is 0 Å². The number of nitrogens with zero attached hydrogens (tertiary/aromatic N) is 3. The quantitative estimate of drug-likeness (QED) is 0.211. The fourth-order valence-corrected chi connectivity index (χ4v) is 5.01. The van der Waals surface area contributed by atoms with Crippen molar-refractivity contribution in [2.45, 2.75) is 51.2 Å². The molecule has 0 unspecified atom stereocenters. The zero-order valence-electron chi connectivity index (χ0n) is 23.8. The first-order valence-electron chi connectivity index (χ1n) is 13.7. The highest BCUT2D eigenvalue weighted by Crippen LogP contribution is 2.35. The third kappa shape index (κ3) is 6.40. The Kier molecular flexibility index (Phi) is 9.35. The summed E-state index contributed by atoms with van der Waals surface area (Å²) in [5, 5.41) is 41.3. The molecule has 1 fully saturated rings. The van der Waals surface area contributed by atoms with Gasteiger partial charge < -0.3 is 39.6 Å². The summed E-state index contributed by atoms with van der Waals surface area (Å²) in [6, 6.07) is 20.2. The summed E-state index contributed by atoms with van der Waals surface area (Å²) in [7, 11) is 3.20. The van der Waals surface area contributed by atoms with Gasteiger partial charge in [-0.15, -0.1) is 5.10 Å². The van der Waals surface area contributed by atoms with Gasteiger partial charge in [0.2, 0.25) is 0 Å². The maximum atomic E-state index is 10.2. The lowest BCUT2D eigenvalue weighted by Gasteiger charge is -2.34. The van der Waals surface area contributed by atoms with E-state index in [-0.39, 0.29) is 6.61 Å². The van der Waals surface area contributed by atoms with Gasteiger partial charge in [0.1, 0.15) is 42.2 Å². The number of methoxy groups -OCH3 is 2. The van der Waals surface area contributed by atoms with Crippen molar-refractivity contribution in [1.29, 1.82) is 0 Å². The predicted octanol–water partition coefficient (Wildman–Crippen LogP) is 2.75. The summed E-state index contributed by atoms with van der Waals surface area (Å²) in [6.07, 6.45) is -3.14. The Balaban J connectivity index is 1.23. The number of nitrogens with one attached hydrogen (secondary N) is 1. The summed E-state index contributed by atoms with van der Waals surface area (Å²) < 4.78 is 24.3. The van der Waals surface area contributed by atoms with Crippen molar-refractivity contribution in [2.24, 2.45) is 0 Å². The Morgan fingerprint density at radius 2 is 1.69 bits per heavy atom. The van der Waals surface area contributed by atoms with Gasteiger partial charge in [-0.1, -0.05) is 53.7 Å². The van der Waals surface area contributed by atoms with Crippen molar-refractivity contribution in [3.63, 3.8) is 0 Å². The number of rotatable bonds is 11. The molecule has 0 radical (unpaired) electrons. The van der Waals surface area contributed by atoms with Crippen LogP contribution in [0.25, 0.3) is 11.1 Å². The van der Waals surface area contributed by atoms with Crippen LogP contribution in [0.5, 0.6) is 17.2 Å². The highest BCUT2D eigenvalue weighted by atomic mass is 16.5. The van der Waals surface area contributed by atoms with E-state index in [1.54, 1.807) is 20.4 Å². The van der Waals surface area contributed by atoms with Crippen molar-refractivity contribution < 1.29 is 34.3 Å². The molecule has 42 heavy (non-hydrogen) atoms. The number of hydrogen-bond donors (Lipinski definition) is 4. The molecule has 0 saturated carbocycles. The van der Waals surface area contributed by atoms with E-state index in [1.165, 1.54) is 15.8 Å². The lowest BCUT2D eigenvalue weighted by molar-refractivity contribution is -0.214. The fourth-order valence-electron chi connectivity index (χ4n) is 5.01. The SMILES string of the molecule is COc1cc(OCc2cccc(-c3ccccc3)c2C)cc(OC)c1CNCc1cn([C@@H]2OC[C@@H](O)[C@H](O)[C@H]2O)nn1. The van der Waals surface area contributed by atoms with Crippen LogP contribution in [0, 0.1) is 6.92 Å². The van der Waals surface area contributed by atoms with E-state index < -0.39 is 24.5 Å². The third-order valence-corrected chi connectivity index (χ3v) is 7.41. The molecule has 1 aromatic heterocycles. The van der Waals surface area contributed by atoms with E-state index in [9.17, 15) is 15.3 Å². The average Bonchev–Trinajstić information content (AvgIpc) is 3.48. The van der Waals surface area contributed by atoms with Crippen molar-refractivity contribution in [3.05, 3.63) is 89.2 Å². The Bertz CT molecular complexity index is 1450. The van der Waals surface area contributed by atoms with Gasteiger partial charge in [0.05, 0.1) is 38.3 Å². The second-order valence-corrected chi connectivity index (χ2v) is 10.1. The Labute approximate surface area is 244 Å². The first-order valence-corrected chi connectivity index (χ1v) is 13.7. The molecular formula is C31H36N4O7. The lowest BCUT2D eigenvalue weighted by Crippen LogP contribution is -2.50. The second-order valence-electron chi connectivity index (χ2n) is 10.1. The minimum absolute atomic E-state index is 0.116. The Hall–Kier alpha value is -4.00. The maximum absolute atomic E-state index is 10.2. The summed E-state index contributed by atoms with van der Waals surface area (Å²) in [6.45, 7) is 3.14. The highest BCUT2D eigenvalue weighted by Gasteiger charge is 2.39. The number of benzene rings is 3. The molecule has 5 rings (SSSR count). The van der Waals surface area contributed by atoms with Gasteiger partial charge >= 0.3 is 0 Å². The average molecular weight is 577 g/mol. The molecule has 222 valence electrons. The van der Waals surface area contributed by atoms with Gasteiger partial charge in [-0.2, -0.15) is 0 Å². The van der Waals surface area contributed by atoms with Crippen molar-refractivity contribution in [2.75, 3.05) is 20.8 Å². The van der Waals surface area contributed by atoms with Crippen LogP contribution >= 0.6 is 0 Å². The van der Waals surface area contributed by atoms with Gasteiger partial charge in [-0.05, 0) is 29.2 Å². The molecule has 11 nitrogen and oxygen atoms in total. The van der Waals surface area contributed by atoms with Crippen LogP contribution in [0.15, 0.2) is 66.9 Å². The lowest BCUT2D eigenvalue weighted by atomic mass is 9.97. The van der Waals surface area contributed by atoms with E-state index in [4.69, 9.17) is 18.9 Å². The van der Waals surface area contributed by atoms with Crippen molar-refractivity contribution in [3.8, 4) is 28.4 Å². The highest BCUT2D eigenvalue weighted by molar-refractivity contribution is 5.68. The van der Waals surface area contributed by atoms with Crippen molar-refractivity contribution >= 4 is 0 Å². The van der Waals surface area contributed by atoms with Gasteiger partial charge in [0, 0.05) is 25.2 Å². The van der Waals surface area contributed by atoms with Crippen LogP contribution in [-0.4, -0.2) is 69.5 Å². The zero-order chi connectivity index (χ0) is 29.6. The molecule has 1 aliphatic heterocycles. The van der Waals surface area contributed by atoms with Gasteiger partial charge in [-0.3, -0.25) is 0 Å². The summed E-state index contributed by atoms with van der Waals surface area (Å²) in [5.74, 6) is 1.85. The standard InChI is InChI=1S/C31H36N4O7/c1-19-21(10-7-11-24(19)20-8-5-4-6-9-20)17-41-23-12-27(39-2)25(28(13-23)40-3)15-32-14-22-16-35(34-33-22)31-30(38)29(37)26(36)18-42-31/h4-13,16,26,29-32,36-38H,14-15,17-18H2,1-3H3/t26-,29+,30-,31-/m1/s1. The molecule has 3 aromatic carbocycles. The molecule has 4 aromatic rings. The third-order valence-electron chi connectivity index (χ3n) is 7.41. The Morgan fingerprint density at radius 1 is 0.952 bits per heavy atom. The fraction of sp³-hybridized carbons (Fsp3) is 0.355. The molecule has 0 amide bonds. The Morgan fingerprint density at radius 3 is 2.40 bits per heavy atom. The summed E-state index contributed by atoms with van der Waals surface area (Å²) in [4.78, 5) is 0. The molecule has 4 N–H and O–H groups in total. The first kappa shape index (κ1) is 29.5. The van der Waals surface area contributed by atoms with Gasteiger partial charge in [-0.25, -0.2) is 4.68 Å². The predicted molar refractivity (Wildman–Crippen MR) is 154 cm³/mol. The molecule has 1 aliphatic rings. The number of ether oxygens (including phenoxy) is 4. The van der Waals surface area contributed by atoms with Gasteiger partial charge in [0.25, 0.3) is 0 Å². The largest absolute Gasteiger partial charge is 0.496 e. The topological polar surface area (TPSA) is 140 Å². The minimum atomic E-state index is -1.33. The molecule has 1 saturated heterocycles. The number of aliphatic hydroxyl groups is 3. The van der Waals surface area contributed by atoms with Crippen LogP contribution < -0.4 is 19.5 Å². The molecule has 0 bridgehead atoms. The summed E-state index contributed by atoms with van der Waals surface area (Å²) in [5.41, 5.74) is 6.00. The van der Waals surface area contributed by atoms with E-state index in [1.807, 2.05) is 36.4 Å². The molecular weight excluding hydrogens is 540 g/mol. The monoisotopic (exact) mass is 576 g/mol.